The molecule has 5 nitrogen and oxygen atoms in total. The van der Waals surface area contributed by atoms with Gasteiger partial charge in [-0.05, 0) is 43.0 Å². The molecule has 1 heterocycles. The smallest absolute Gasteiger partial charge is 0.339 e. The third-order valence-electron chi connectivity index (χ3n) is 3.60. The van der Waals surface area contributed by atoms with Crippen LogP contribution in [0.1, 0.15) is 35.0 Å². The molecule has 0 unspecified atom stereocenters. The van der Waals surface area contributed by atoms with Crippen LogP contribution >= 0.6 is 0 Å². The average molecular weight is 273 g/mol. The Kier molecular flexibility index (Phi) is 2.99. The molecule has 0 saturated heterocycles. The zero-order chi connectivity index (χ0) is 14.3. The summed E-state index contributed by atoms with van der Waals surface area (Å²) in [6, 6.07) is 7.88. The third kappa shape index (κ3) is 2.28. The average Bonchev–Trinajstić information content (AvgIpc) is 3.14. The molecular weight excluding hydrogens is 258 g/mol. The normalized spacial score (nSPS) is 16.1. The topological polar surface area (TPSA) is 96.7 Å². The van der Waals surface area contributed by atoms with E-state index in [0.29, 0.717) is 17.2 Å². The van der Waals surface area contributed by atoms with Gasteiger partial charge in [-0.2, -0.15) is 0 Å². The summed E-state index contributed by atoms with van der Waals surface area (Å²) in [6.45, 7) is 0. The van der Waals surface area contributed by atoms with E-state index in [1.165, 1.54) is 12.1 Å². The summed E-state index contributed by atoms with van der Waals surface area (Å²) in [6.07, 6.45) is 2.26. The largest absolute Gasteiger partial charge is 0.507 e. The Balaban J connectivity index is 1.89. The van der Waals surface area contributed by atoms with E-state index >= 15 is 0 Å². The van der Waals surface area contributed by atoms with Gasteiger partial charge in [0.05, 0.1) is 6.04 Å². The molecule has 0 spiro atoms. The number of hydrogen-bond donors (Lipinski definition) is 3. The minimum Gasteiger partial charge on any atom is -0.507 e. The molecule has 2 aromatic rings. The molecule has 0 amide bonds. The Hall–Kier alpha value is -2.27. The van der Waals surface area contributed by atoms with Crippen molar-refractivity contribution in [2.24, 2.45) is 11.7 Å². The van der Waals surface area contributed by atoms with Crippen molar-refractivity contribution >= 4 is 5.97 Å². The van der Waals surface area contributed by atoms with Crippen LogP contribution in [0.4, 0.5) is 0 Å². The number of carbonyl (C=O) groups is 1. The Morgan fingerprint density at radius 2 is 2.05 bits per heavy atom. The predicted octanol–water partition coefficient (Wildman–Crippen LogP) is 2.76. The number of furan rings is 1. The van der Waals surface area contributed by atoms with Crippen LogP contribution in [0.15, 0.2) is 34.7 Å². The minimum atomic E-state index is -1.16. The van der Waals surface area contributed by atoms with Gasteiger partial charge >= 0.3 is 5.97 Å². The van der Waals surface area contributed by atoms with Crippen LogP contribution in [0.25, 0.3) is 11.3 Å². The molecule has 1 aliphatic carbocycles. The lowest BCUT2D eigenvalue weighted by Gasteiger charge is -2.06. The van der Waals surface area contributed by atoms with Gasteiger partial charge in [-0.3, -0.25) is 0 Å². The molecule has 1 fully saturated rings. The Morgan fingerprint density at radius 1 is 1.30 bits per heavy atom. The lowest BCUT2D eigenvalue weighted by atomic mass is 10.1. The predicted molar refractivity (Wildman–Crippen MR) is 72.4 cm³/mol. The Labute approximate surface area is 115 Å². The summed E-state index contributed by atoms with van der Waals surface area (Å²) in [4.78, 5) is 10.8. The number of carboxylic acids is 1. The molecule has 1 aromatic carbocycles. The van der Waals surface area contributed by atoms with Crippen LogP contribution in [0.5, 0.6) is 5.75 Å². The number of benzene rings is 1. The van der Waals surface area contributed by atoms with Crippen molar-refractivity contribution in [2.75, 3.05) is 0 Å². The van der Waals surface area contributed by atoms with Crippen molar-refractivity contribution in [3.8, 4) is 17.1 Å². The van der Waals surface area contributed by atoms with Crippen molar-refractivity contribution in [2.45, 2.75) is 18.9 Å². The number of carboxylic acid groups (broad SMARTS) is 1. The lowest BCUT2D eigenvalue weighted by Crippen LogP contribution is -2.10. The molecule has 0 aliphatic heterocycles. The molecule has 1 aromatic heterocycles. The van der Waals surface area contributed by atoms with Gasteiger partial charge in [0.15, 0.2) is 0 Å². The number of hydrogen-bond acceptors (Lipinski definition) is 4. The zero-order valence-electron chi connectivity index (χ0n) is 10.7. The van der Waals surface area contributed by atoms with E-state index in [1.807, 2.05) is 6.07 Å². The molecule has 1 atom stereocenters. The summed E-state index contributed by atoms with van der Waals surface area (Å²) < 4.78 is 5.70. The maximum atomic E-state index is 10.8. The Bertz CT molecular complexity index is 658. The van der Waals surface area contributed by atoms with E-state index < -0.39 is 5.97 Å². The third-order valence-corrected chi connectivity index (χ3v) is 3.60. The first-order chi connectivity index (χ1) is 9.56. The van der Waals surface area contributed by atoms with Crippen LogP contribution in [-0.4, -0.2) is 16.2 Å². The number of nitrogens with two attached hydrogens (primary N) is 1. The zero-order valence-corrected chi connectivity index (χ0v) is 10.7. The fraction of sp³-hybridized carbons (Fsp3) is 0.267. The molecule has 4 N–H and O–H groups in total. The van der Waals surface area contributed by atoms with Crippen molar-refractivity contribution in [1.29, 1.82) is 0 Å². The van der Waals surface area contributed by atoms with Crippen molar-refractivity contribution < 1.29 is 19.4 Å². The van der Waals surface area contributed by atoms with E-state index in [9.17, 15) is 9.90 Å². The lowest BCUT2D eigenvalue weighted by molar-refractivity contribution is 0.0694. The molecule has 0 radical (unpaired) electrons. The van der Waals surface area contributed by atoms with Gasteiger partial charge in [0.1, 0.15) is 22.8 Å². The summed E-state index contributed by atoms with van der Waals surface area (Å²) in [5, 5.41) is 18.6. The van der Waals surface area contributed by atoms with Crippen molar-refractivity contribution in [3.05, 3.63) is 41.7 Å². The molecule has 3 rings (SSSR count). The van der Waals surface area contributed by atoms with Crippen LogP contribution in [-0.2, 0) is 0 Å². The van der Waals surface area contributed by atoms with E-state index in [0.717, 1.165) is 18.6 Å². The highest BCUT2D eigenvalue weighted by molar-refractivity contribution is 5.91. The molecule has 0 bridgehead atoms. The van der Waals surface area contributed by atoms with Crippen molar-refractivity contribution in [3.63, 3.8) is 0 Å². The summed E-state index contributed by atoms with van der Waals surface area (Å²) in [5.74, 6) is 0.355. The molecule has 5 heteroatoms. The molecule has 1 aliphatic rings. The van der Waals surface area contributed by atoms with Gasteiger partial charge in [0.2, 0.25) is 0 Å². The fourth-order valence-corrected chi connectivity index (χ4v) is 2.24. The molecular formula is C15H15NO4. The van der Waals surface area contributed by atoms with Gasteiger partial charge < -0.3 is 20.4 Å². The standard InChI is InChI=1S/C15H15NO4/c16-14(8-1-2-8)13-6-5-12(20-13)9-3-4-10(15(18)19)11(17)7-9/h3-8,14,17H,1-2,16H2,(H,18,19)/t14-/m1/s1. The monoisotopic (exact) mass is 273 g/mol. The van der Waals surface area contributed by atoms with Gasteiger partial charge in [0.25, 0.3) is 0 Å². The fourth-order valence-electron chi connectivity index (χ4n) is 2.24. The van der Waals surface area contributed by atoms with Crippen LogP contribution in [0, 0.1) is 5.92 Å². The first kappa shape index (κ1) is 12.7. The van der Waals surface area contributed by atoms with Crippen LogP contribution in [0.2, 0.25) is 0 Å². The SMILES string of the molecule is N[C@@H](c1ccc(-c2ccc(C(=O)O)c(O)c2)o1)C1CC1. The van der Waals surface area contributed by atoms with E-state index in [-0.39, 0.29) is 17.4 Å². The second-order valence-corrected chi connectivity index (χ2v) is 5.10. The summed E-state index contributed by atoms with van der Waals surface area (Å²) in [5.41, 5.74) is 6.56. The summed E-state index contributed by atoms with van der Waals surface area (Å²) >= 11 is 0. The van der Waals surface area contributed by atoms with E-state index in [1.54, 1.807) is 12.1 Å². The minimum absolute atomic E-state index is 0.0874. The number of aromatic carboxylic acids is 1. The summed E-state index contributed by atoms with van der Waals surface area (Å²) in [7, 11) is 0. The number of aromatic hydroxyl groups is 1. The first-order valence-electron chi connectivity index (χ1n) is 6.48. The van der Waals surface area contributed by atoms with E-state index in [4.69, 9.17) is 15.3 Å². The van der Waals surface area contributed by atoms with Gasteiger partial charge in [-0.1, -0.05) is 6.07 Å². The van der Waals surface area contributed by atoms with Gasteiger partial charge in [0, 0.05) is 5.56 Å². The molecule has 20 heavy (non-hydrogen) atoms. The molecule has 104 valence electrons. The number of phenols is 1. The van der Waals surface area contributed by atoms with Gasteiger partial charge in [-0.25, -0.2) is 4.79 Å². The van der Waals surface area contributed by atoms with Crippen LogP contribution in [0.3, 0.4) is 0 Å². The quantitative estimate of drug-likeness (QED) is 0.795. The molecule has 1 saturated carbocycles. The maximum Gasteiger partial charge on any atom is 0.339 e. The van der Waals surface area contributed by atoms with Crippen LogP contribution < -0.4 is 5.73 Å². The first-order valence-corrected chi connectivity index (χ1v) is 6.48. The second kappa shape index (κ2) is 4.68. The van der Waals surface area contributed by atoms with Crippen molar-refractivity contribution in [1.82, 2.24) is 0 Å². The van der Waals surface area contributed by atoms with Gasteiger partial charge in [-0.15, -0.1) is 0 Å². The Morgan fingerprint density at radius 3 is 2.65 bits per heavy atom. The number of rotatable bonds is 4. The maximum absolute atomic E-state index is 10.8. The highest BCUT2D eigenvalue weighted by Gasteiger charge is 2.31. The van der Waals surface area contributed by atoms with E-state index in [2.05, 4.69) is 0 Å². The highest BCUT2D eigenvalue weighted by atomic mass is 16.4. The highest BCUT2D eigenvalue weighted by Crippen LogP contribution is 2.40. The second-order valence-electron chi connectivity index (χ2n) is 5.10.